The zero-order chi connectivity index (χ0) is 19.6. The van der Waals surface area contributed by atoms with Crippen LogP contribution in [-0.2, 0) is 6.42 Å². The lowest BCUT2D eigenvalue weighted by Gasteiger charge is -2.09. The molecule has 2 unspecified atom stereocenters. The van der Waals surface area contributed by atoms with Gasteiger partial charge in [-0.1, -0.05) is 66.7 Å². The van der Waals surface area contributed by atoms with Gasteiger partial charge in [-0.25, -0.2) is 9.78 Å². The fourth-order valence-electron chi connectivity index (χ4n) is 3.94. The Balaban J connectivity index is 1.53. The summed E-state index contributed by atoms with van der Waals surface area (Å²) in [5.74, 6) is 0.945. The molecule has 5 heteroatoms. The molecule has 0 spiro atoms. The van der Waals surface area contributed by atoms with Gasteiger partial charge in [0.15, 0.2) is 6.04 Å². The number of benzene rings is 2. The second kappa shape index (κ2) is 7.84. The Labute approximate surface area is 174 Å². The first kappa shape index (κ1) is 18.1. The highest BCUT2D eigenvalue weighted by atomic mass is 32.2. The van der Waals surface area contributed by atoms with Gasteiger partial charge in [-0.3, -0.25) is 5.32 Å². The Morgan fingerprint density at radius 3 is 2.55 bits per heavy atom. The Hall–Kier alpha value is -2.92. The summed E-state index contributed by atoms with van der Waals surface area (Å²) >= 11 is 1.82. The number of aromatic nitrogens is 2. The highest BCUT2D eigenvalue weighted by molar-refractivity contribution is 8.03. The maximum Gasteiger partial charge on any atom is 0.359 e. The third-order valence-electron chi connectivity index (χ3n) is 5.42. The third-order valence-corrected chi connectivity index (χ3v) is 6.54. The molecule has 2 aliphatic rings. The molecule has 0 saturated heterocycles. The van der Waals surface area contributed by atoms with E-state index in [4.69, 9.17) is 4.98 Å². The van der Waals surface area contributed by atoms with Gasteiger partial charge in [0.05, 0.1) is 0 Å². The number of carbonyl (C=O) groups is 1. The van der Waals surface area contributed by atoms with Crippen molar-refractivity contribution in [1.29, 1.82) is 0 Å². The Morgan fingerprint density at radius 1 is 1.07 bits per heavy atom. The Morgan fingerprint density at radius 2 is 1.83 bits per heavy atom. The van der Waals surface area contributed by atoms with Crippen LogP contribution in [0, 0.1) is 0 Å². The molecule has 5 rings (SSSR count). The molecule has 3 heterocycles. The number of rotatable bonds is 5. The number of thioether (sulfide) groups is 1. The molecule has 0 fully saturated rings. The van der Waals surface area contributed by atoms with Gasteiger partial charge in [0.25, 0.3) is 0 Å². The molecule has 2 atom stereocenters. The predicted molar refractivity (Wildman–Crippen MR) is 117 cm³/mol. The van der Waals surface area contributed by atoms with Crippen LogP contribution in [0.3, 0.4) is 0 Å². The van der Waals surface area contributed by atoms with Gasteiger partial charge < -0.3 is 0 Å². The molecule has 1 N–H and O–H groups in total. The largest absolute Gasteiger partial charge is 0.359 e. The summed E-state index contributed by atoms with van der Waals surface area (Å²) in [4.78, 5) is 18.2. The van der Waals surface area contributed by atoms with Gasteiger partial charge in [-0.05, 0) is 17.4 Å². The van der Waals surface area contributed by atoms with Gasteiger partial charge in [0.2, 0.25) is 0 Å². The van der Waals surface area contributed by atoms with Crippen molar-refractivity contribution in [2.75, 3.05) is 5.32 Å². The van der Waals surface area contributed by atoms with E-state index in [1.807, 2.05) is 66.5 Å². The average Bonchev–Trinajstić information content (AvgIpc) is 3.38. The minimum absolute atomic E-state index is 0.112. The molecule has 3 aromatic rings. The van der Waals surface area contributed by atoms with Crippen LogP contribution in [0.5, 0.6) is 0 Å². The fraction of sp³-hybridized carbons (Fsp3) is 0.208. The summed E-state index contributed by atoms with van der Waals surface area (Å²) in [5, 5.41) is 6.09. The summed E-state index contributed by atoms with van der Waals surface area (Å²) in [6.45, 7) is 0. The van der Waals surface area contributed by atoms with Crippen molar-refractivity contribution in [3.63, 3.8) is 0 Å². The quantitative estimate of drug-likeness (QED) is 0.642. The SMILES string of the molecule is O=C1C(CC2CC=CS2)Nc2c(Cc3ccccc3)nc(-c3ccccc3)c[n+]21. The lowest BCUT2D eigenvalue weighted by molar-refractivity contribution is -0.552. The monoisotopic (exact) mass is 400 g/mol. The first-order valence-electron chi connectivity index (χ1n) is 9.94. The van der Waals surface area contributed by atoms with Gasteiger partial charge in [-0.2, -0.15) is 4.57 Å². The number of fused-ring (bicyclic) bond motifs is 1. The number of hydrogen-bond donors (Lipinski definition) is 1. The molecule has 0 saturated carbocycles. The Kier molecular flexibility index (Phi) is 4.90. The normalized spacial score (nSPS) is 19.9. The van der Waals surface area contributed by atoms with Gasteiger partial charge in [-0.15, -0.1) is 11.8 Å². The van der Waals surface area contributed by atoms with Crippen LogP contribution in [0.4, 0.5) is 5.82 Å². The number of nitrogens with zero attached hydrogens (tertiary/aromatic N) is 2. The molecule has 0 bridgehead atoms. The minimum Gasteiger partial charge on any atom is -0.258 e. The van der Waals surface area contributed by atoms with Crippen LogP contribution >= 0.6 is 11.8 Å². The lowest BCUT2D eigenvalue weighted by Crippen LogP contribution is -2.44. The number of nitrogens with one attached hydrogen (secondary N) is 1. The van der Waals surface area contributed by atoms with E-state index < -0.39 is 0 Å². The van der Waals surface area contributed by atoms with Crippen molar-refractivity contribution >= 4 is 23.5 Å². The maximum absolute atomic E-state index is 13.2. The van der Waals surface area contributed by atoms with Crippen LogP contribution in [0.2, 0.25) is 0 Å². The van der Waals surface area contributed by atoms with Crippen molar-refractivity contribution in [2.45, 2.75) is 30.6 Å². The summed E-state index contributed by atoms with van der Waals surface area (Å²) < 4.78 is 1.78. The van der Waals surface area contributed by atoms with Crippen LogP contribution in [-0.4, -0.2) is 22.2 Å². The maximum atomic E-state index is 13.2. The van der Waals surface area contributed by atoms with E-state index in [1.54, 1.807) is 4.57 Å². The molecular weight excluding hydrogens is 378 g/mol. The van der Waals surface area contributed by atoms with E-state index in [0.29, 0.717) is 11.7 Å². The summed E-state index contributed by atoms with van der Waals surface area (Å²) in [6.07, 6.45) is 6.61. The average molecular weight is 401 g/mol. The van der Waals surface area contributed by atoms with E-state index in [-0.39, 0.29) is 11.9 Å². The zero-order valence-electron chi connectivity index (χ0n) is 16.0. The summed E-state index contributed by atoms with van der Waals surface area (Å²) in [7, 11) is 0. The second-order valence-electron chi connectivity index (χ2n) is 7.46. The molecule has 0 amide bonds. The molecule has 0 radical (unpaired) electrons. The number of allylic oxidation sites excluding steroid dienone is 1. The summed E-state index contributed by atoms with van der Waals surface area (Å²) in [6, 6.07) is 20.1. The predicted octanol–water partition coefficient (Wildman–Crippen LogP) is 4.47. The topological polar surface area (TPSA) is 45.9 Å². The van der Waals surface area contributed by atoms with Crippen molar-refractivity contribution in [1.82, 2.24) is 4.98 Å². The molecule has 4 nitrogen and oxygen atoms in total. The number of hydrogen-bond acceptors (Lipinski definition) is 4. The third kappa shape index (κ3) is 3.70. The molecule has 2 aliphatic heterocycles. The van der Waals surface area contributed by atoms with E-state index in [9.17, 15) is 4.79 Å². The highest BCUT2D eigenvalue weighted by Gasteiger charge is 2.42. The van der Waals surface area contributed by atoms with Crippen LogP contribution < -0.4 is 9.88 Å². The molecule has 29 heavy (non-hydrogen) atoms. The minimum atomic E-state index is -0.199. The van der Waals surface area contributed by atoms with Crippen molar-refractivity contribution in [3.8, 4) is 11.3 Å². The first-order chi connectivity index (χ1) is 14.3. The van der Waals surface area contributed by atoms with Crippen LogP contribution in [0.1, 0.15) is 28.9 Å². The smallest absolute Gasteiger partial charge is 0.258 e. The molecule has 144 valence electrons. The van der Waals surface area contributed by atoms with Crippen LogP contribution in [0.25, 0.3) is 11.3 Å². The van der Waals surface area contributed by atoms with Gasteiger partial charge in [0, 0.05) is 23.7 Å². The van der Waals surface area contributed by atoms with Crippen molar-refractivity contribution < 1.29 is 9.36 Å². The van der Waals surface area contributed by atoms with E-state index in [2.05, 4.69) is 28.9 Å². The zero-order valence-corrected chi connectivity index (χ0v) is 16.8. The molecular formula is C24H22N3OS+. The lowest BCUT2D eigenvalue weighted by atomic mass is 10.1. The first-order valence-corrected chi connectivity index (χ1v) is 10.9. The molecule has 1 aromatic heterocycles. The van der Waals surface area contributed by atoms with Crippen LogP contribution in [0.15, 0.2) is 78.3 Å². The van der Waals surface area contributed by atoms with Crippen molar-refractivity contribution in [3.05, 3.63) is 89.6 Å². The standard InChI is InChI=1S/C24H21N3OS/c28-24-21(15-19-12-7-13-29-19)26-23-20(14-17-8-3-1-4-9-17)25-22(16-27(23)24)18-10-5-2-6-11-18/h1-11,13,16,19,21H,12,14-15H2/p+1. The fourth-order valence-corrected chi connectivity index (χ4v) is 4.91. The highest BCUT2D eigenvalue weighted by Crippen LogP contribution is 2.31. The molecule has 0 aliphatic carbocycles. The van der Waals surface area contributed by atoms with Gasteiger partial charge >= 0.3 is 11.7 Å². The number of anilines is 1. The second-order valence-corrected chi connectivity index (χ2v) is 8.67. The Bertz CT molecular complexity index is 1060. The summed E-state index contributed by atoms with van der Waals surface area (Å²) in [5.41, 5.74) is 3.93. The van der Waals surface area contributed by atoms with E-state index >= 15 is 0 Å². The number of carbonyl (C=O) groups excluding carboxylic acids is 1. The van der Waals surface area contributed by atoms with E-state index in [1.165, 1.54) is 5.56 Å². The van der Waals surface area contributed by atoms with Crippen molar-refractivity contribution in [2.24, 2.45) is 0 Å². The van der Waals surface area contributed by atoms with Gasteiger partial charge in [0.1, 0.15) is 17.6 Å². The van der Waals surface area contributed by atoms with E-state index in [0.717, 1.165) is 35.6 Å². The molecule has 2 aromatic carbocycles.